The van der Waals surface area contributed by atoms with Crippen molar-refractivity contribution < 1.29 is 14.3 Å². The molecule has 1 N–H and O–H groups in total. The average molecular weight is 459 g/mol. The maximum Gasteiger partial charge on any atom is 0.417 e. The van der Waals surface area contributed by atoms with E-state index < -0.39 is 6.09 Å². The number of aliphatic imine (C=N–C) groups is 1. The number of ether oxygens (including phenoxy) is 1. The molecule has 0 bridgehead atoms. The number of carbonyl (C=O) groups is 2. The number of hydrogen-bond acceptors (Lipinski definition) is 4. The maximum absolute atomic E-state index is 12.8. The normalized spacial score (nSPS) is 25.9. The van der Waals surface area contributed by atoms with Crippen LogP contribution in [-0.2, 0) is 4.74 Å². The van der Waals surface area contributed by atoms with Crippen LogP contribution in [0.5, 0.6) is 0 Å². The monoisotopic (exact) mass is 458 g/mol. The summed E-state index contributed by atoms with van der Waals surface area (Å²) < 4.78 is 5.46. The van der Waals surface area contributed by atoms with Gasteiger partial charge in [0.2, 0.25) is 5.90 Å². The van der Waals surface area contributed by atoms with Crippen LogP contribution in [0.25, 0.3) is 0 Å². The molecule has 0 unspecified atom stereocenters. The number of hydrogen-bond donors (Lipinski definition) is 1. The number of fused-ring (bicyclic) bond motifs is 1. The highest BCUT2D eigenvalue weighted by molar-refractivity contribution is 6.43. The van der Waals surface area contributed by atoms with Gasteiger partial charge in [-0.1, -0.05) is 59.6 Å². The zero-order chi connectivity index (χ0) is 21.5. The lowest BCUT2D eigenvalue weighted by atomic mass is 10.1. The van der Waals surface area contributed by atoms with E-state index in [1.54, 1.807) is 28.0 Å². The van der Waals surface area contributed by atoms with Gasteiger partial charge in [-0.2, -0.15) is 0 Å². The standard InChI is InChI=1S/C22H20Cl2N4O3/c23-15-7-4-8-16(19(15)24)26-21(29)27-9-10-28-18(12-27)20(31-22(28)30)25-17-11-14(17)13-5-2-1-3-6-13/h1-8,14,17-18H,9-12H2,(H,26,29)/t14-,17+,18+/m1/s1. The number of halogens is 2. The molecule has 3 fully saturated rings. The van der Waals surface area contributed by atoms with Crippen molar-refractivity contribution in [1.29, 1.82) is 0 Å². The maximum atomic E-state index is 12.8. The van der Waals surface area contributed by atoms with Crippen LogP contribution in [0.2, 0.25) is 10.0 Å². The van der Waals surface area contributed by atoms with Gasteiger partial charge in [0.25, 0.3) is 0 Å². The molecular weight excluding hydrogens is 439 g/mol. The van der Waals surface area contributed by atoms with Gasteiger partial charge >= 0.3 is 12.1 Å². The lowest BCUT2D eigenvalue weighted by Crippen LogP contribution is -2.55. The Kier molecular flexibility index (Phi) is 5.24. The number of benzene rings is 2. The van der Waals surface area contributed by atoms with Crippen molar-refractivity contribution in [2.24, 2.45) is 4.99 Å². The van der Waals surface area contributed by atoms with Crippen molar-refractivity contribution in [2.75, 3.05) is 25.0 Å². The van der Waals surface area contributed by atoms with Crippen molar-refractivity contribution in [3.63, 3.8) is 0 Å². The van der Waals surface area contributed by atoms with E-state index in [9.17, 15) is 9.59 Å². The van der Waals surface area contributed by atoms with E-state index in [0.29, 0.717) is 47.2 Å². The fraction of sp³-hybridized carbons (Fsp3) is 0.318. The largest absolute Gasteiger partial charge is 0.417 e. The van der Waals surface area contributed by atoms with Gasteiger partial charge < -0.3 is 15.0 Å². The molecule has 3 amide bonds. The number of urea groups is 1. The zero-order valence-corrected chi connectivity index (χ0v) is 18.0. The van der Waals surface area contributed by atoms with Crippen molar-refractivity contribution >= 4 is 46.9 Å². The van der Waals surface area contributed by atoms with Crippen LogP contribution < -0.4 is 5.32 Å². The zero-order valence-electron chi connectivity index (χ0n) is 16.5. The summed E-state index contributed by atoms with van der Waals surface area (Å²) >= 11 is 12.2. The number of piperazine rings is 1. The minimum atomic E-state index is -0.404. The molecule has 1 aliphatic carbocycles. The van der Waals surface area contributed by atoms with E-state index in [4.69, 9.17) is 32.9 Å². The van der Waals surface area contributed by atoms with E-state index >= 15 is 0 Å². The van der Waals surface area contributed by atoms with Crippen molar-refractivity contribution in [1.82, 2.24) is 9.80 Å². The minimum Gasteiger partial charge on any atom is -0.393 e. The van der Waals surface area contributed by atoms with Crippen LogP contribution in [0.15, 0.2) is 53.5 Å². The van der Waals surface area contributed by atoms with E-state index in [1.807, 2.05) is 18.2 Å². The van der Waals surface area contributed by atoms with Crippen LogP contribution in [0, 0.1) is 0 Å². The van der Waals surface area contributed by atoms with Gasteiger partial charge in [0.1, 0.15) is 6.04 Å². The highest BCUT2D eigenvalue weighted by Gasteiger charge is 2.46. The van der Waals surface area contributed by atoms with Gasteiger partial charge in [-0.3, -0.25) is 4.90 Å². The first-order valence-electron chi connectivity index (χ1n) is 10.1. The van der Waals surface area contributed by atoms with E-state index in [1.165, 1.54) is 5.56 Å². The fourth-order valence-corrected chi connectivity index (χ4v) is 4.41. The van der Waals surface area contributed by atoms with Gasteiger partial charge in [-0.15, -0.1) is 0 Å². The molecule has 2 aliphatic heterocycles. The molecule has 0 aromatic heterocycles. The number of nitrogens with one attached hydrogen (secondary N) is 1. The second-order valence-electron chi connectivity index (χ2n) is 7.84. The summed E-state index contributed by atoms with van der Waals surface area (Å²) in [5, 5.41) is 3.45. The number of amides is 3. The van der Waals surface area contributed by atoms with E-state index in [0.717, 1.165) is 6.42 Å². The number of rotatable bonds is 3. The van der Waals surface area contributed by atoms with Crippen molar-refractivity contribution in [3.8, 4) is 0 Å². The predicted molar refractivity (Wildman–Crippen MR) is 119 cm³/mol. The molecule has 2 aromatic carbocycles. The highest BCUT2D eigenvalue weighted by Crippen LogP contribution is 2.44. The molecule has 2 saturated heterocycles. The highest BCUT2D eigenvalue weighted by atomic mass is 35.5. The van der Waals surface area contributed by atoms with Crippen LogP contribution >= 0.6 is 23.2 Å². The van der Waals surface area contributed by atoms with Crippen LogP contribution in [0.4, 0.5) is 15.3 Å². The third kappa shape index (κ3) is 3.95. The first-order chi connectivity index (χ1) is 15.0. The number of nitrogens with zero attached hydrogens (tertiary/aromatic N) is 3. The Balaban J connectivity index is 1.28. The topological polar surface area (TPSA) is 74.2 Å². The summed E-state index contributed by atoms with van der Waals surface area (Å²) in [5.74, 6) is 0.737. The molecule has 3 aliphatic rings. The van der Waals surface area contributed by atoms with Gasteiger partial charge in [0.15, 0.2) is 0 Å². The van der Waals surface area contributed by atoms with Gasteiger partial charge in [-0.05, 0) is 24.1 Å². The van der Waals surface area contributed by atoms with Crippen LogP contribution in [0.3, 0.4) is 0 Å². The lowest BCUT2D eigenvalue weighted by Gasteiger charge is -2.35. The van der Waals surface area contributed by atoms with Gasteiger partial charge in [0.05, 0.1) is 28.3 Å². The molecule has 2 aromatic rings. The Bertz CT molecular complexity index is 1060. The predicted octanol–water partition coefficient (Wildman–Crippen LogP) is 4.62. The summed E-state index contributed by atoms with van der Waals surface area (Å²) in [6, 6.07) is 14.7. The van der Waals surface area contributed by atoms with Crippen molar-refractivity contribution in [3.05, 3.63) is 64.1 Å². The molecule has 7 nitrogen and oxygen atoms in total. The first kappa shape index (κ1) is 20.2. The second kappa shape index (κ2) is 8.05. The molecule has 3 atom stereocenters. The first-order valence-corrected chi connectivity index (χ1v) is 10.9. The Hall–Kier alpha value is -2.77. The molecule has 31 heavy (non-hydrogen) atoms. The molecular formula is C22H20Cl2N4O3. The Morgan fingerprint density at radius 1 is 1.10 bits per heavy atom. The quantitative estimate of drug-likeness (QED) is 0.728. The van der Waals surface area contributed by atoms with E-state index in [-0.39, 0.29) is 18.1 Å². The van der Waals surface area contributed by atoms with Crippen molar-refractivity contribution in [2.45, 2.75) is 24.4 Å². The fourth-order valence-electron chi connectivity index (χ4n) is 4.07. The molecule has 2 heterocycles. The number of anilines is 1. The third-order valence-electron chi connectivity index (χ3n) is 5.85. The molecule has 1 saturated carbocycles. The molecule has 0 spiro atoms. The molecule has 160 valence electrons. The number of cyclic esters (lactones) is 1. The summed E-state index contributed by atoms with van der Waals surface area (Å²) in [5.41, 5.74) is 1.68. The SMILES string of the molecule is O=C(Nc1cccc(Cl)c1Cl)N1CCN2C(=O)OC(=N[C@H]3C[C@@H]3c3ccccc3)[C@@H]2C1. The lowest BCUT2D eigenvalue weighted by molar-refractivity contribution is 0.132. The third-order valence-corrected chi connectivity index (χ3v) is 6.67. The van der Waals surface area contributed by atoms with E-state index in [2.05, 4.69) is 17.4 Å². The molecule has 0 radical (unpaired) electrons. The van der Waals surface area contributed by atoms with Gasteiger partial charge in [-0.25, -0.2) is 14.6 Å². The Morgan fingerprint density at radius 3 is 2.71 bits per heavy atom. The van der Waals surface area contributed by atoms with Gasteiger partial charge in [0, 0.05) is 19.0 Å². The Morgan fingerprint density at radius 2 is 1.90 bits per heavy atom. The minimum absolute atomic E-state index is 0.0969. The second-order valence-corrected chi connectivity index (χ2v) is 8.63. The summed E-state index contributed by atoms with van der Waals surface area (Å²) in [4.78, 5) is 33.1. The molecule has 9 heteroatoms. The Labute approximate surface area is 189 Å². The number of carbonyl (C=O) groups excluding carboxylic acids is 2. The molecule has 5 rings (SSSR count). The summed E-state index contributed by atoms with van der Waals surface area (Å²) in [6.45, 7) is 1.07. The summed E-state index contributed by atoms with van der Waals surface area (Å²) in [6.07, 6.45) is 0.522. The van der Waals surface area contributed by atoms with Crippen LogP contribution in [0.1, 0.15) is 17.9 Å². The van der Waals surface area contributed by atoms with Crippen LogP contribution in [-0.4, -0.2) is 59.5 Å². The average Bonchev–Trinajstić information content (AvgIpc) is 3.48. The summed E-state index contributed by atoms with van der Waals surface area (Å²) in [7, 11) is 0. The smallest absolute Gasteiger partial charge is 0.393 e.